The number of amides is 1. The summed E-state index contributed by atoms with van der Waals surface area (Å²) in [4.78, 5) is 21.2. The molecular formula is C18H22ClN3O3. The second-order valence-electron chi connectivity index (χ2n) is 6.88. The van der Waals surface area contributed by atoms with Crippen molar-refractivity contribution in [2.24, 2.45) is 5.92 Å². The third-order valence-corrected chi connectivity index (χ3v) is 5.56. The molecule has 7 heteroatoms. The van der Waals surface area contributed by atoms with Crippen molar-refractivity contribution in [3.63, 3.8) is 0 Å². The number of anilines is 1. The molecule has 0 bridgehead atoms. The molecule has 1 amide bonds. The van der Waals surface area contributed by atoms with Gasteiger partial charge in [0.1, 0.15) is 5.52 Å². The summed E-state index contributed by atoms with van der Waals surface area (Å²) in [5.41, 5.74) is 1.48. The molecule has 2 saturated heterocycles. The number of hydrogen-bond donors (Lipinski definition) is 1. The van der Waals surface area contributed by atoms with Crippen LogP contribution in [0.4, 0.5) is 6.01 Å². The third kappa shape index (κ3) is 3.20. The first-order valence-electron chi connectivity index (χ1n) is 8.88. The highest BCUT2D eigenvalue weighted by molar-refractivity contribution is 6.31. The number of halogens is 1. The van der Waals surface area contributed by atoms with E-state index in [4.69, 9.17) is 16.0 Å². The standard InChI is InChI=1S/C18H22ClN3O3/c19-13-3-4-15-16(10-13)25-18(20-15)21-8-5-12(6-9-21)17(24)22-7-1-2-14(22)11-23/h3-4,10,12,14,23H,1-2,5-9,11H2/t14-/m0/s1. The van der Waals surface area contributed by atoms with Gasteiger partial charge in [-0.05, 0) is 37.8 Å². The van der Waals surface area contributed by atoms with E-state index in [1.54, 1.807) is 12.1 Å². The Labute approximate surface area is 151 Å². The Bertz CT molecular complexity index is 770. The number of benzene rings is 1. The minimum Gasteiger partial charge on any atom is -0.423 e. The Morgan fingerprint density at radius 1 is 1.28 bits per heavy atom. The average Bonchev–Trinajstić information content (AvgIpc) is 3.27. The quantitative estimate of drug-likeness (QED) is 0.907. The van der Waals surface area contributed by atoms with Gasteiger partial charge in [0.25, 0.3) is 6.01 Å². The van der Waals surface area contributed by atoms with E-state index in [1.165, 1.54) is 0 Å². The SMILES string of the molecule is O=C(C1CCN(c2nc3ccc(Cl)cc3o2)CC1)N1CCC[C@H]1CO. The van der Waals surface area contributed by atoms with Crippen LogP contribution in [0.25, 0.3) is 11.1 Å². The van der Waals surface area contributed by atoms with E-state index < -0.39 is 0 Å². The Morgan fingerprint density at radius 3 is 2.84 bits per heavy atom. The molecule has 0 aliphatic carbocycles. The van der Waals surface area contributed by atoms with E-state index in [9.17, 15) is 9.90 Å². The van der Waals surface area contributed by atoms with Crippen LogP contribution in [0.1, 0.15) is 25.7 Å². The predicted octanol–water partition coefficient (Wildman–Crippen LogP) is 2.68. The Hall–Kier alpha value is -1.79. The zero-order valence-corrected chi connectivity index (χ0v) is 14.8. The number of likely N-dealkylation sites (tertiary alicyclic amines) is 1. The molecular weight excluding hydrogens is 342 g/mol. The first-order valence-corrected chi connectivity index (χ1v) is 9.26. The largest absolute Gasteiger partial charge is 0.423 e. The lowest BCUT2D eigenvalue weighted by atomic mass is 9.95. The fraction of sp³-hybridized carbons (Fsp3) is 0.556. The van der Waals surface area contributed by atoms with Gasteiger partial charge in [-0.2, -0.15) is 4.98 Å². The minimum atomic E-state index is 0.00678. The monoisotopic (exact) mass is 363 g/mol. The highest BCUT2D eigenvalue weighted by atomic mass is 35.5. The van der Waals surface area contributed by atoms with Crippen LogP contribution in [0.5, 0.6) is 0 Å². The molecule has 2 aliphatic rings. The van der Waals surface area contributed by atoms with Gasteiger partial charge in [0.2, 0.25) is 5.91 Å². The van der Waals surface area contributed by atoms with Crippen LogP contribution >= 0.6 is 11.6 Å². The van der Waals surface area contributed by atoms with E-state index in [2.05, 4.69) is 9.88 Å². The zero-order valence-electron chi connectivity index (χ0n) is 14.0. The van der Waals surface area contributed by atoms with Crippen LogP contribution < -0.4 is 4.90 Å². The number of oxazole rings is 1. The molecule has 2 aromatic rings. The summed E-state index contributed by atoms with van der Waals surface area (Å²) >= 11 is 5.99. The molecule has 1 aromatic heterocycles. The highest BCUT2D eigenvalue weighted by Crippen LogP contribution is 2.29. The summed E-state index contributed by atoms with van der Waals surface area (Å²) in [6.45, 7) is 2.33. The normalized spacial score (nSPS) is 22.1. The van der Waals surface area contributed by atoms with Crippen molar-refractivity contribution in [1.82, 2.24) is 9.88 Å². The first-order chi connectivity index (χ1) is 12.2. The molecule has 6 nitrogen and oxygen atoms in total. The van der Waals surface area contributed by atoms with Gasteiger partial charge >= 0.3 is 0 Å². The van der Waals surface area contributed by atoms with E-state index in [0.29, 0.717) is 16.6 Å². The van der Waals surface area contributed by atoms with Crippen molar-refractivity contribution in [3.8, 4) is 0 Å². The van der Waals surface area contributed by atoms with Crippen LogP contribution in [0.3, 0.4) is 0 Å². The molecule has 1 N–H and O–H groups in total. The van der Waals surface area contributed by atoms with Crippen molar-refractivity contribution < 1.29 is 14.3 Å². The number of aliphatic hydroxyl groups excluding tert-OH is 1. The van der Waals surface area contributed by atoms with Gasteiger partial charge in [0.15, 0.2) is 5.58 Å². The Morgan fingerprint density at radius 2 is 2.08 bits per heavy atom. The molecule has 1 atom stereocenters. The lowest BCUT2D eigenvalue weighted by Crippen LogP contribution is -2.45. The molecule has 2 fully saturated rings. The maximum atomic E-state index is 12.7. The second kappa shape index (κ2) is 6.84. The van der Waals surface area contributed by atoms with Crippen LogP contribution in [0, 0.1) is 5.92 Å². The number of fused-ring (bicyclic) bond motifs is 1. The predicted molar refractivity (Wildman–Crippen MR) is 95.8 cm³/mol. The van der Waals surface area contributed by atoms with Crippen LogP contribution in [-0.4, -0.2) is 53.2 Å². The van der Waals surface area contributed by atoms with Gasteiger partial charge in [-0.25, -0.2) is 0 Å². The number of aromatic nitrogens is 1. The third-order valence-electron chi connectivity index (χ3n) is 5.32. The Balaban J connectivity index is 1.41. The Kier molecular flexibility index (Phi) is 4.56. The van der Waals surface area contributed by atoms with Gasteiger partial charge in [-0.1, -0.05) is 11.6 Å². The smallest absolute Gasteiger partial charge is 0.298 e. The molecule has 0 unspecified atom stereocenters. The zero-order chi connectivity index (χ0) is 17.4. The summed E-state index contributed by atoms with van der Waals surface area (Å²) in [5, 5.41) is 10.1. The fourth-order valence-electron chi connectivity index (χ4n) is 3.89. The van der Waals surface area contributed by atoms with E-state index in [1.807, 2.05) is 11.0 Å². The van der Waals surface area contributed by atoms with Gasteiger partial charge < -0.3 is 19.3 Å². The van der Waals surface area contributed by atoms with Gasteiger partial charge in [0.05, 0.1) is 12.6 Å². The maximum absolute atomic E-state index is 12.7. The van der Waals surface area contributed by atoms with Crippen molar-refractivity contribution >= 4 is 34.6 Å². The molecule has 134 valence electrons. The number of rotatable bonds is 3. The van der Waals surface area contributed by atoms with E-state index in [0.717, 1.165) is 50.8 Å². The first kappa shape index (κ1) is 16.7. The highest BCUT2D eigenvalue weighted by Gasteiger charge is 2.35. The fourth-order valence-corrected chi connectivity index (χ4v) is 4.05. The molecule has 1 aromatic carbocycles. The van der Waals surface area contributed by atoms with Crippen LogP contribution in [0.15, 0.2) is 22.6 Å². The number of carbonyl (C=O) groups excluding carboxylic acids is 1. The lowest BCUT2D eigenvalue weighted by molar-refractivity contribution is -0.137. The van der Waals surface area contributed by atoms with Gasteiger partial charge in [-0.3, -0.25) is 4.79 Å². The molecule has 0 saturated carbocycles. The minimum absolute atomic E-state index is 0.00678. The average molecular weight is 364 g/mol. The van der Waals surface area contributed by atoms with Gasteiger partial charge in [-0.15, -0.1) is 0 Å². The van der Waals surface area contributed by atoms with Crippen molar-refractivity contribution in [1.29, 1.82) is 0 Å². The summed E-state index contributed by atoms with van der Waals surface area (Å²) in [5.74, 6) is 0.225. The van der Waals surface area contributed by atoms with Crippen molar-refractivity contribution in [2.75, 3.05) is 31.1 Å². The molecule has 2 aliphatic heterocycles. The number of aliphatic hydroxyl groups is 1. The lowest BCUT2D eigenvalue weighted by Gasteiger charge is -2.33. The number of hydrogen-bond acceptors (Lipinski definition) is 5. The summed E-state index contributed by atoms with van der Waals surface area (Å²) in [6, 6.07) is 6.02. The van der Waals surface area contributed by atoms with Crippen LogP contribution in [0.2, 0.25) is 5.02 Å². The molecule has 0 spiro atoms. The summed E-state index contributed by atoms with van der Waals surface area (Å²) in [6.07, 6.45) is 3.47. The summed E-state index contributed by atoms with van der Waals surface area (Å²) < 4.78 is 5.82. The van der Waals surface area contributed by atoms with E-state index in [-0.39, 0.29) is 24.5 Å². The van der Waals surface area contributed by atoms with Gasteiger partial charge in [0, 0.05) is 36.6 Å². The second-order valence-corrected chi connectivity index (χ2v) is 7.32. The van der Waals surface area contributed by atoms with E-state index >= 15 is 0 Å². The molecule has 3 heterocycles. The summed E-state index contributed by atoms with van der Waals surface area (Å²) in [7, 11) is 0. The number of carbonyl (C=O) groups is 1. The van der Waals surface area contributed by atoms with Crippen molar-refractivity contribution in [3.05, 3.63) is 23.2 Å². The molecule has 0 radical (unpaired) electrons. The number of piperidine rings is 1. The molecule has 4 rings (SSSR count). The van der Waals surface area contributed by atoms with Crippen LogP contribution in [-0.2, 0) is 4.79 Å². The van der Waals surface area contributed by atoms with Crippen molar-refractivity contribution in [2.45, 2.75) is 31.7 Å². The number of nitrogens with zero attached hydrogens (tertiary/aromatic N) is 3. The molecule has 25 heavy (non-hydrogen) atoms. The topological polar surface area (TPSA) is 69.8 Å². The maximum Gasteiger partial charge on any atom is 0.298 e.